The number of aliphatic hydroxyl groups excluding tert-OH is 1. The zero-order chi connectivity index (χ0) is 13.6. The molecule has 2 rings (SSSR count). The van der Waals surface area contributed by atoms with Gasteiger partial charge in [-0.3, -0.25) is 0 Å². The molecule has 1 unspecified atom stereocenters. The number of hydrogen-bond donors (Lipinski definition) is 2. The predicted octanol–water partition coefficient (Wildman–Crippen LogP) is 2.55. The number of nitrogens with zero attached hydrogens (tertiary/aromatic N) is 1. The van der Waals surface area contributed by atoms with Crippen LogP contribution in [0, 0.1) is 13.8 Å². The fraction of sp³-hybridized carbons (Fsp3) is 0.357. The summed E-state index contributed by atoms with van der Waals surface area (Å²) in [5.74, 6) is -0.946. The van der Waals surface area contributed by atoms with E-state index in [1.54, 1.807) is 19.1 Å². The zero-order valence-corrected chi connectivity index (χ0v) is 11.0. The van der Waals surface area contributed by atoms with E-state index in [1.807, 2.05) is 25.5 Å². The number of carboxylic acid groups (broad SMARTS) is 1. The lowest BCUT2D eigenvalue weighted by molar-refractivity contribution is 0.0697. The first-order chi connectivity index (χ1) is 8.34. The van der Waals surface area contributed by atoms with Crippen molar-refractivity contribution in [2.24, 2.45) is 7.05 Å². The molecule has 0 amide bonds. The monoisotopic (exact) mass is 247 g/mol. The maximum Gasteiger partial charge on any atom is 0.335 e. The molecular weight excluding hydrogens is 230 g/mol. The van der Waals surface area contributed by atoms with Crippen LogP contribution in [0.1, 0.15) is 40.2 Å². The Morgan fingerprint density at radius 2 is 1.94 bits per heavy atom. The molecule has 1 aromatic carbocycles. The lowest BCUT2D eigenvalue weighted by Gasteiger charge is -2.05. The Hall–Kier alpha value is -1.81. The van der Waals surface area contributed by atoms with E-state index in [2.05, 4.69) is 0 Å². The van der Waals surface area contributed by atoms with Crippen LogP contribution in [0.15, 0.2) is 12.1 Å². The minimum atomic E-state index is -0.946. The number of carbonyl (C=O) groups is 1. The topological polar surface area (TPSA) is 62.5 Å². The van der Waals surface area contributed by atoms with Crippen molar-refractivity contribution >= 4 is 16.9 Å². The van der Waals surface area contributed by atoms with Crippen LogP contribution >= 0.6 is 0 Å². The molecular formula is C14H17NO3. The molecule has 0 spiro atoms. The summed E-state index contributed by atoms with van der Waals surface area (Å²) in [7, 11) is 1.93. The lowest BCUT2D eigenvalue weighted by Crippen LogP contribution is -1.98. The third-order valence-electron chi connectivity index (χ3n) is 3.48. The minimum absolute atomic E-state index is 0.257. The maximum absolute atomic E-state index is 11.1. The van der Waals surface area contributed by atoms with Crippen molar-refractivity contribution in [2.75, 3.05) is 0 Å². The van der Waals surface area contributed by atoms with Gasteiger partial charge in [0, 0.05) is 23.7 Å². The van der Waals surface area contributed by atoms with Gasteiger partial charge < -0.3 is 14.8 Å². The number of aromatic carboxylic acids is 1. The van der Waals surface area contributed by atoms with Gasteiger partial charge in [0.05, 0.1) is 17.2 Å². The fourth-order valence-corrected chi connectivity index (χ4v) is 2.62. The third kappa shape index (κ3) is 1.69. The molecule has 0 bridgehead atoms. The molecule has 0 aliphatic rings. The van der Waals surface area contributed by atoms with E-state index < -0.39 is 12.1 Å². The van der Waals surface area contributed by atoms with Crippen LogP contribution in [0.3, 0.4) is 0 Å². The van der Waals surface area contributed by atoms with Crippen molar-refractivity contribution < 1.29 is 15.0 Å². The first-order valence-corrected chi connectivity index (χ1v) is 5.85. The van der Waals surface area contributed by atoms with Gasteiger partial charge in [-0.15, -0.1) is 0 Å². The van der Waals surface area contributed by atoms with Crippen molar-refractivity contribution in [2.45, 2.75) is 26.9 Å². The Morgan fingerprint density at radius 1 is 1.33 bits per heavy atom. The Balaban J connectivity index is 2.93. The quantitative estimate of drug-likeness (QED) is 0.857. The molecule has 0 radical (unpaired) electrons. The average Bonchev–Trinajstić information content (AvgIpc) is 2.51. The summed E-state index contributed by atoms with van der Waals surface area (Å²) >= 11 is 0. The van der Waals surface area contributed by atoms with Gasteiger partial charge in [0.15, 0.2) is 0 Å². The summed E-state index contributed by atoms with van der Waals surface area (Å²) < 4.78 is 2.00. The highest BCUT2D eigenvalue weighted by Crippen LogP contribution is 2.32. The Labute approximate surface area is 105 Å². The van der Waals surface area contributed by atoms with E-state index in [0.717, 1.165) is 27.7 Å². The van der Waals surface area contributed by atoms with Crippen molar-refractivity contribution in [3.63, 3.8) is 0 Å². The summed E-state index contributed by atoms with van der Waals surface area (Å²) in [6.45, 7) is 5.52. The van der Waals surface area contributed by atoms with Crippen molar-refractivity contribution in [3.05, 3.63) is 34.5 Å². The van der Waals surface area contributed by atoms with Gasteiger partial charge in [-0.25, -0.2) is 4.79 Å². The summed E-state index contributed by atoms with van der Waals surface area (Å²) in [6, 6.07) is 3.30. The van der Waals surface area contributed by atoms with E-state index in [0.29, 0.717) is 0 Å². The highest BCUT2D eigenvalue weighted by molar-refractivity contribution is 5.97. The smallest absolute Gasteiger partial charge is 0.335 e. The fourth-order valence-electron chi connectivity index (χ4n) is 2.62. The summed E-state index contributed by atoms with van der Waals surface area (Å²) in [4.78, 5) is 11.1. The average molecular weight is 247 g/mol. The van der Waals surface area contributed by atoms with Crippen molar-refractivity contribution in [3.8, 4) is 0 Å². The number of carboxylic acids is 1. The first kappa shape index (κ1) is 12.6. The van der Waals surface area contributed by atoms with Gasteiger partial charge in [-0.05, 0) is 38.5 Å². The summed E-state index contributed by atoms with van der Waals surface area (Å²) in [5, 5.41) is 19.8. The van der Waals surface area contributed by atoms with Gasteiger partial charge in [0.25, 0.3) is 0 Å². The molecule has 0 aliphatic heterocycles. The molecule has 0 aliphatic carbocycles. The largest absolute Gasteiger partial charge is 0.478 e. The third-order valence-corrected chi connectivity index (χ3v) is 3.48. The van der Waals surface area contributed by atoms with Gasteiger partial charge in [-0.1, -0.05) is 0 Å². The standard InChI is InChI=1S/C14H17NO3/c1-7-5-10(14(17)18)6-11-12(9(3)16)8(2)15(4)13(7)11/h5-6,9,16H,1-4H3,(H,17,18). The summed E-state index contributed by atoms with van der Waals surface area (Å²) in [5.41, 5.74) is 3.91. The molecule has 1 heterocycles. The molecule has 2 aromatic rings. The second kappa shape index (κ2) is 4.14. The Kier molecular flexibility index (Phi) is 2.91. The van der Waals surface area contributed by atoms with Gasteiger partial charge >= 0.3 is 5.97 Å². The number of rotatable bonds is 2. The Bertz CT molecular complexity index is 638. The normalized spacial score (nSPS) is 12.9. The Morgan fingerprint density at radius 3 is 2.44 bits per heavy atom. The zero-order valence-electron chi connectivity index (χ0n) is 11.0. The molecule has 0 fully saturated rings. The molecule has 0 saturated heterocycles. The van der Waals surface area contributed by atoms with Crippen molar-refractivity contribution in [1.29, 1.82) is 0 Å². The second-order valence-corrected chi connectivity index (χ2v) is 4.73. The van der Waals surface area contributed by atoms with Crippen LogP contribution in [0.4, 0.5) is 0 Å². The highest BCUT2D eigenvalue weighted by atomic mass is 16.4. The lowest BCUT2D eigenvalue weighted by atomic mass is 10.0. The van der Waals surface area contributed by atoms with Gasteiger partial charge in [-0.2, -0.15) is 0 Å². The van der Waals surface area contributed by atoms with E-state index in [4.69, 9.17) is 5.11 Å². The number of aromatic nitrogens is 1. The summed E-state index contributed by atoms with van der Waals surface area (Å²) in [6.07, 6.45) is -0.614. The second-order valence-electron chi connectivity index (χ2n) is 4.73. The van der Waals surface area contributed by atoms with Crippen LogP contribution in [0.2, 0.25) is 0 Å². The van der Waals surface area contributed by atoms with Crippen molar-refractivity contribution in [1.82, 2.24) is 4.57 Å². The predicted molar refractivity (Wildman–Crippen MR) is 70.0 cm³/mol. The number of aliphatic hydroxyl groups is 1. The molecule has 0 saturated carbocycles. The SMILES string of the molecule is Cc1cc(C(=O)O)cc2c(C(C)O)c(C)n(C)c12. The van der Waals surface area contributed by atoms with E-state index in [9.17, 15) is 9.90 Å². The number of benzene rings is 1. The molecule has 2 N–H and O–H groups in total. The molecule has 4 heteroatoms. The number of hydrogen-bond acceptors (Lipinski definition) is 2. The van der Waals surface area contributed by atoms with E-state index in [-0.39, 0.29) is 5.56 Å². The van der Waals surface area contributed by atoms with E-state index >= 15 is 0 Å². The van der Waals surface area contributed by atoms with Gasteiger partial charge in [0.1, 0.15) is 0 Å². The molecule has 96 valence electrons. The highest BCUT2D eigenvalue weighted by Gasteiger charge is 2.19. The molecule has 1 aromatic heterocycles. The first-order valence-electron chi connectivity index (χ1n) is 5.85. The van der Waals surface area contributed by atoms with Gasteiger partial charge in [0.2, 0.25) is 0 Å². The van der Waals surface area contributed by atoms with Crippen LogP contribution in [0.5, 0.6) is 0 Å². The van der Waals surface area contributed by atoms with Crippen LogP contribution < -0.4 is 0 Å². The molecule has 18 heavy (non-hydrogen) atoms. The molecule has 1 atom stereocenters. The number of aryl methyl sites for hydroxylation is 2. The molecule has 4 nitrogen and oxygen atoms in total. The van der Waals surface area contributed by atoms with Crippen LogP contribution in [-0.4, -0.2) is 20.7 Å². The van der Waals surface area contributed by atoms with Crippen LogP contribution in [-0.2, 0) is 7.05 Å². The number of fused-ring (bicyclic) bond motifs is 1. The maximum atomic E-state index is 11.1. The van der Waals surface area contributed by atoms with Crippen LogP contribution in [0.25, 0.3) is 10.9 Å². The van der Waals surface area contributed by atoms with E-state index in [1.165, 1.54) is 0 Å². The minimum Gasteiger partial charge on any atom is -0.478 e.